The fourth-order valence-electron chi connectivity index (χ4n) is 2.05. The second-order valence-electron chi connectivity index (χ2n) is 4.80. The zero-order valence-corrected chi connectivity index (χ0v) is 13.2. The smallest absolute Gasteiger partial charge is 0.0299 e. The monoisotopic (exact) mass is 268 g/mol. The summed E-state index contributed by atoms with van der Waals surface area (Å²) in [6.07, 6.45) is 2.59. The first kappa shape index (κ1) is 15.7. The van der Waals surface area contributed by atoms with E-state index in [1.165, 1.54) is 34.7 Å². The van der Waals surface area contributed by atoms with Crippen molar-refractivity contribution < 1.29 is 0 Å². The molecule has 0 spiro atoms. The normalized spacial score (nSPS) is 11.4. The highest BCUT2D eigenvalue weighted by atomic mass is 32.1. The van der Waals surface area contributed by atoms with Gasteiger partial charge in [-0.25, -0.2) is 0 Å². The number of unbranched alkanes of at least 4 members (excludes halogenated alkanes) is 1. The van der Waals surface area contributed by atoms with E-state index in [2.05, 4.69) is 44.0 Å². The predicted octanol–water partition coefficient (Wildman–Crippen LogP) is 3.79. The van der Waals surface area contributed by atoms with Crippen LogP contribution in [0.2, 0.25) is 0 Å². The molecule has 0 aliphatic rings. The van der Waals surface area contributed by atoms with Gasteiger partial charge in [-0.1, -0.05) is 27.2 Å². The maximum absolute atomic E-state index is 3.40. The quantitative estimate of drug-likeness (QED) is 0.733. The third-order valence-corrected chi connectivity index (χ3v) is 4.38. The highest BCUT2D eigenvalue weighted by molar-refractivity contribution is 7.12. The van der Waals surface area contributed by atoms with Crippen LogP contribution in [0.25, 0.3) is 0 Å². The third-order valence-electron chi connectivity index (χ3n) is 3.29. The molecule has 0 unspecified atom stereocenters. The van der Waals surface area contributed by atoms with Crippen molar-refractivity contribution >= 4 is 11.3 Å². The minimum atomic E-state index is 1.02. The molecule has 0 bridgehead atoms. The van der Waals surface area contributed by atoms with Crippen LogP contribution in [0, 0.1) is 6.92 Å². The Morgan fingerprint density at radius 2 is 2.06 bits per heavy atom. The van der Waals surface area contributed by atoms with Gasteiger partial charge < -0.3 is 5.32 Å². The fourth-order valence-corrected chi connectivity index (χ4v) is 3.07. The van der Waals surface area contributed by atoms with E-state index >= 15 is 0 Å². The first-order chi connectivity index (χ1) is 8.71. The zero-order valence-electron chi connectivity index (χ0n) is 12.4. The molecule has 1 rings (SSSR count). The molecule has 0 fully saturated rings. The van der Waals surface area contributed by atoms with Crippen LogP contribution < -0.4 is 5.32 Å². The van der Waals surface area contributed by atoms with Crippen molar-refractivity contribution in [2.45, 2.75) is 53.6 Å². The van der Waals surface area contributed by atoms with Crippen LogP contribution in [0.15, 0.2) is 6.07 Å². The van der Waals surface area contributed by atoms with E-state index in [1.54, 1.807) is 0 Å². The summed E-state index contributed by atoms with van der Waals surface area (Å²) in [4.78, 5) is 5.50. The number of nitrogens with one attached hydrogen (secondary N) is 1. The summed E-state index contributed by atoms with van der Waals surface area (Å²) in [7, 11) is 0. The first-order valence-electron chi connectivity index (χ1n) is 7.22. The summed E-state index contributed by atoms with van der Waals surface area (Å²) in [6, 6.07) is 2.39. The van der Waals surface area contributed by atoms with E-state index in [0.29, 0.717) is 0 Å². The van der Waals surface area contributed by atoms with Crippen molar-refractivity contribution in [3.05, 3.63) is 21.4 Å². The molecule has 0 saturated carbocycles. The van der Waals surface area contributed by atoms with Gasteiger partial charge in [-0.2, -0.15) is 0 Å². The summed E-state index contributed by atoms with van der Waals surface area (Å²) >= 11 is 1.94. The highest BCUT2D eigenvalue weighted by Gasteiger charge is 2.09. The Kier molecular flexibility index (Phi) is 7.56. The molecule has 0 atom stereocenters. The fraction of sp³-hybridized carbons (Fsp3) is 0.733. The Bertz CT molecular complexity index is 333. The molecule has 3 heteroatoms. The van der Waals surface area contributed by atoms with Gasteiger partial charge in [0.1, 0.15) is 0 Å². The highest BCUT2D eigenvalue weighted by Crippen LogP contribution is 2.23. The summed E-state index contributed by atoms with van der Waals surface area (Å²) in [5, 5.41) is 3.40. The lowest BCUT2D eigenvalue weighted by Gasteiger charge is -2.19. The number of aryl methyl sites for hydroxylation is 1. The van der Waals surface area contributed by atoms with Gasteiger partial charge in [-0.3, -0.25) is 4.90 Å². The van der Waals surface area contributed by atoms with Gasteiger partial charge in [0.15, 0.2) is 0 Å². The molecule has 0 saturated heterocycles. The lowest BCUT2D eigenvalue weighted by molar-refractivity contribution is 0.275. The average molecular weight is 268 g/mol. The summed E-state index contributed by atoms with van der Waals surface area (Å²) in [5.74, 6) is 0. The van der Waals surface area contributed by atoms with E-state index < -0.39 is 0 Å². The van der Waals surface area contributed by atoms with Crippen molar-refractivity contribution in [1.82, 2.24) is 10.2 Å². The standard InChI is InChI=1S/C15H28N2S/c1-5-8-9-17(7-3)12-14-10-15(11-16-6-2)18-13(14)4/h10,16H,5-9,11-12H2,1-4H3. The van der Waals surface area contributed by atoms with Gasteiger partial charge in [0, 0.05) is 22.8 Å². The molecule has 18 heavy (non-hydrogen) atoms. The van der Waals surface area contributed by atoms with Gasteiger partial charge in [-0.15, -0.1) is 11.3 Å². The molecular formula is C15H28N2S. The molecular weight excluding hydrogens is 240 g/mol. The Balaban J connectivity index is 2.56. The minimum Gasteiger partial charge on any atom is -0.312 e. The van der Waals surface area contributed by atoms with E-state index in [9.17, 15) is 0 Å². The minimum absolute atomic E-state index is 1.02. The van der Waals surface area contributed by atoms with Crippen LogP contribution in [0.5, 0.6) is 0 Å². The number of hydrogen-bond acceptors (Lipinski definition) is 3. The lowest BCUT2D eigenvalue weighted by Crippen LogP contribution is -2.24. The Labute approximate surface area is 116 Å². The first-order valence-corrected chi connectivity index (χ1v) is 8.04. The van der Waals surface area contributed by atoms with Gasteiger partial charge in [0.25, 0.3) is 0 Å². The summed E-state index contributed by atoms with van der Waals surface area (Å²) in [5.41, 5.74) is 1.52. The van der Waals surface area contributed by atoms with Crippen LogP contribution in [0.3, 0.4) is 0 Å². The Hall–Kier alpha value is -0.380. The van der Waals surface area contributed by atoms with Crippen LogP contribution in [-0.4, -0.2) is 24.5 Å². The maximum Gasteiger partial charge on any atom is 0.0299 e. The molecule has 0 aromatic carbocycles. The molecule has 0 aliphatic heterocycles. The van der Waals surface area contributed by atoms with Gasteiger partial charge in [-0.05, 0) is 44.6 Å². The van der Waals surface area contributed by atoms with Gasteiger partial charge >= 0.3 is 0 Å². The predicted molar refractivity (Wildman–Crippen MR) is 82.3 cm³/mol. The van der Waals surface area contributed by atoms with E-state index in [4.69, 9.17) is 0 Å². The largest absolute Gasteiger partial charge is 0.312 e. The van der Waals surface area contributed by atoms with Crippen molar-refractivity contribution in [2.24, 2.45) is 0 Å². The van der Waals surface area contributed by atoms with Crippen LogP contribution in [0.1, 0.15) is 48.9 Å². The molecule has 1 heterocycles. The number of rotatable bonds is 9. The second kappa shape index (κ2) is 8.68. The second-order valence-corrected chi connectivity index (χ2v) is 6.14. The summed E-state index contributed by atoms with van der Waals surface area (Å²) < 4.78 is 0. The number of thiophene rings is 1. The van der Waals surface area contributed by atoms with E-state index in [1.807, 2.05) is 11.3 Å². The van der Waals surface area contributed by atoms with Gasteiger partial charge in [0.05, 0.1) is 0 Å². The van der Waals surface area contributed by atoms with Crippen LogP contribution in [0.4, 0.5) is 0 Å². The van der Waals surface area contributed by atoms with Crippen molar-refractivity contribution in [2.75, 3.05) is 19.6 Å². The summed E-state index contributed by atoms with van der Waals surface area (Å²) in [6.45, 7) is 14.5. The topological polar surface area (TPSA) is 15.3 Å². The lowest BCUT2D eigenvalue weighted by atomic mass is 10.2. The van der Waals surface area contributed by atoms with Crippen molar-refractivity contribution in [3.8, 4) is 0 Å². The van der Waals surface area contributed by atoms with Gasteiger partial charge in [0.2, 0.25) is 0 Å². The van der Waals surface area contributed by atoms with E-state index in [0.717, 1.165) is 26.2 Å². The molecule has 0 radical (unpaired) electrons. The molecule has 1 aromatic rings. The van der Waals surface area contributed by atoms with E-state index in [-0.39, 0.29) is 0 Å². The average Bonchev–Trinajstić information content (AvgIpc) is 2.72. The molecule has 0 amide bonds. The van der Waals surface area contributed by atoms with Crippen LogP contribution >= 0.6 is 11.3 Å². The van der Waals surface area contributed by atoms with Crippen LogP contribution in [-0.2, 0) is 13.1 Å². The van der Waals surface area contributed by atoms with Crippen molar-refractivity contribution in [3.63, 3.8) is 0 Å². The maximum atomic E-state index is 3.40. The molecule has 2 nitrogen and oxygen atoms in total. The molecule has 0 aliphatic carbocycles. The van der Waals surface area contributed by atoms with Crippen molar-refractivity contribution in [1.29, 1.82) is 0 Å². The molecule has 1 aromatic heterocycles. The number of hydrogen-bond donors (Lipinski definition) is 1. The molecule has 1 N–H and O–H groups in total. The molecule has 104 valence electrons. The SMILES string of the molecule is CCCCN(CC)Cc1cc(CNCC)sc1C. The zero-order chi connectivity index (χ0) is 13.4. The number of nitrogens with zero attached hydrogens (tertiary/aromatic N) is 1. The Morgan fingerprint density at radius 3 is 2.67 bits per heavy atom. The third kappa shape index (κ3) is 5.09. The Morgan fingerprint density at radius 1 is 1.28 bits per heavy atom.